The second-order valence-electron chi connectivity index (χ2n) is 6.89. The average Bonchev–Trinajstić information content (AvgIpc) is 2.26. The van der Waals surface area contributed by atoms with Crippen LogP contribution < -0.4 is 10.6 Å². The fourth-order valence-corrected chi connectivity index (χ4v) is 2.77. The molecule has 0 aromatic carbocycles. The third-order valence-electron chi connectivity index (χ3n) is 3.71. The molecule has 5 heteroatoms. The van der Waals surface area contributed by atoms with Gasteiger partial charge in [-0.25, -0.2) is 0 Å². The molecule has 0 aromatic rings. The van der Waals surface area contributed by atoms with Crippen LogP contribution in [0.5, 0.6) is 0 Å². The van der Waals surface area contributed by atoms with E-state index in [0.29, 0.717) is 13.0 Å². The van der Waals surface area contributed by atoms with Gasteiger partial charge in [0.15, 0.2) is 0 Å². The van der Waals surface area contributed by atoms with Crippen molar-refractivity contribution < 1.29 is 14.7 Å². The molecule has 0 heterocycles. The van der Waals surface area contributed by atoms with Gasteiger partial charge < -0.3 is 15.7 Å². The molecule has 1 aliphatic rings. The van der Waals surface area contributed by atoms with E-state index in [9.17, 15) is 9.59 Å². The van der Waals surface area contributed by atoms with Crippen LogP contribution in [0.4, 0.5) is 0 Å². The van der Waals surface area contributed by atoms with Gasteiger partial charge in [-0.1, -0.05) is 19.3 Å². The summed E-state index contributed by atoms with van der Waals surface area (Å²) < 4.78 is 0. The van der Waals surface area contributed by atoms with Crippen molar-refractivity contribution in [3.05, 3.63) is 0 Å². The van der Waals surface area contributed by atoms with Crippen molar-refractivity contribution in [3.8, 4) is 0 Å². The summed E-state index contributed by atoms with van der Waals surface area (Å²) in [6.07, 6.45) is 5.09. The van der Waals surface area contributed by atoms with Crippen molar-refractivity contribution in [1.29, 1.82) is 0 Å². The van der Waals surface area contributed by atoms with Crippen molar-refractivity contribution >= 4 is 11.9 Å². The first-order valence-electron chi connectivity index (χ1n) is 7.50. The Balaban J connectivity index is 2.48. The van der Waals surface area contributed by atoms with Crippen LogP contribution in [-0.2, 0) is 9.59 Å². The molecule has 1 aliphatic carbocycles. The summed E-state index contributed by atoms with van der Waals surface area (Å²) >= 11 is 0. The van der Waals surface area contributed by atoms with E-state index in [0.717, 1.165) is 32.1 Å². The molecule has 1 fully saturated rings. The summed E-state index contributed by atoms with van der Waals surface area (Å²) in [7, 11) is 0. The number of carboxylic acids is 1. The number of carbonyl (C=O) groups excluding carboxylic acids is 1. The number of amides is 1. The van der Waals surface area contributed by atoms with E-state index in [1.165, 1.54) is 0 Å². The van der Waals surface area contributed by atoms with Crippen LogP contribution in [0.2, 0.25) is 0 Å². The van der Waals surface area contributed by atoms with Crippen LogP contribution in [0.1, 0.15) is 65.7 Å². The standard InChI is InChI=1S/C15H28N2O3/c1-14(2,3)16-10-7-12(18)17-15(11-13(19)20)8-5-4-6-9-15/h16H,4-11H2,1-3H3,(H,17,18)(H,19,20). The largest absolute Gasteiger partial charge is 0.481 e. The van der Waals surface area contributed by atoms with Crippen LogP contribution in [0.25, 0.3) is 0 Å². The third-order valence-corrected chi connectivity index (χ3v) is 3.71. The fourth-order valence-electron chi connectivity index (χ4n) is 2.77. The lowest BCUT2D eigenvalue weighted by molar-refractivity contribution is -0.139. The zero-order chi connectivity index (χ0) is 15.2. The second-order valence-corrected chi connectivity index (χ2v) is 6.89. The van der Waals surface area contributed by atoms with Crippen LogP contribution in [0.3, 0.4) is 0 Å². The highest BCUT2D eigenvalue weighted by atomic mass is 16.4. The van der Waals surface area contributed by atoms with Gasteiger partial charge in [-0.15, -0.1) is 0 Å². The van der Waals surface area contributed by atoms with Gasteiger partial charge >= 0.3 is 5.97 Å². The normalized spacial score (nSPS) is 18.6. The molecule has 0 unspecified atom stereocenters. The van der Waals surface area contributed by atoms with E-state index in [2.05, 4.69) is 31.4 Å². The number of carboxylic acid groups (broad SMARTS) is 1. The average molecular weight is 284 g/mol. The smallest absolute Gasteiger partial charge is 0.305 e. The van der Waals surface area contributed by atoms with Crippen molar-refractivity contribution in [3.63, 3.8) is 0 Å². The predicted molar refractivity (Wildman–Crippen MR) is 78.6 cm³/mol. The molecule has 0 aromatic heterocycles. The van der Waals surface area contributed by atoms with Crippen molar-refractivity contribution in [2.45, 2.75) is 76.8 Å². The SMILES string of the molecule is CC(C)(C)NCCC(=O)NC1(CC(=O)O)CCCCC1. The number of rotatable bonds is 6. The summed E-state index contributed by atoms with van der Waals surface area (Å²) in [6, 6.07) is 0. The van der Waals surface area contributed by atoms with Gasteiger partial charge in [0.25, 0.3) is 0 Å². The molecule has 0 aliphatic heterocycles. The quantitative estimate of drug-likeness (QED) is 0.697. The highest BCUT2D eigenvalue weighted by Crippen LogP contribution is 2.31. The number of carbonyl (C=O) groups is 2. The maximum Gasteiger partial charge on any atom is 0.305 e. The van der Waals surface area contributed by atoms with E-state index < -0.39 is 11.5 Å². The second kappa shape index (κ2) is 7.07. The molecule has 0 radical (unpaired) electrons. The predicted octanol–water partition coefficient (Wildman–Crippen LogP) is 2.06. The minimum absolute atomic E-state index is 0.0100. The Hall–Kier alpha value is -1.10. The minimum atomic E-state index is -0.833. The van der Waals surface area contributed by atoms with E-state index >= 15 is 0 Å². The molecular weight excluding hydrogens is 256 g/mol. The van der Waals surface area contributed by atoms with Gasteiger partial charge in [-0.2, -0.15) is 0 Å². The van der Waals surface area contributed by atoms with E-state index in [-0.39, 0.29) is 17.9 Å². The summed E-state index contributed by atoms with van der Waals surface area (Å²) in [5.74, 6) is -0.884. The zero-order valence-electron chi connectivity index (χ0n) is 12.9. The van der Waals surface area contributed by atoms with E-state index in [4.69, 9.17) is 5.11 Å². The Morgan fingerprint density at radius 2 is 1.75 bits per heavy atom. The highest BCUT2D eigenvalue weighted by Gasteiger charge is 2.35. The van der Waals surface area contributed by atoms with Gasteiger partial charge in [0.2, 0.25) is 5.91 Å². The number of aliphatic carboxylic acids is 1. The van der Waals surface area contributed by atoms with Crippen LogP contribution in [0, 0.1) is 0 Å². The first-order valence-corrected chi connectivity index (χ1v) is 7.50. The van der Waals surface area contributed by atoms with Gasteiger partial charge in [0.1, 0.15) is 0 Å². The molecule has 116 valence electrons. The lowest BCUT2D eigenvalue weighted by Gasteiger charge is -2.37. The molecule has 1 rings (SSSR count). The Bertz CT molecular complexity index is 342. The molecule has 1 saturated carbocycles. The van der Waals surface area contributed by atoms with Crippen molar-refractivity contribution in [1.82, 2.24) is 10.6 Å². The first-order chi connectivity index (χ1) is 9.22. The molecule has 0 atom stereocenters. The lowest BCUT2D eigenvalue weighted by Crippen LogP contribution is -2.51. The van der Waals surface area contributed by atoms with Gasteiger partial charge in [0.05, 0.1) is 12.0 Å². The van der Waals surface area contributed by atoms with Crippen LogP contribution in [-0.4, -0.2) is 34.6 Å². The Labute approximate surface area is 121 Å². The molecule has 3 N–H and O–H groups in total. The fraction of sp³-hybridized carbons (Fsp3) is 0.867. The lowest BCUT2D eigenvalue weighted by atomic mass is 9.79. The molecule has 20 heavy (non-hydrogen) atoms. The maximum atomic E-state index is 12.0. The molecule has 0 saturated heterocycles. The molecule has 0 spiro atoms. The monoisotopic (exact) mass is 284 g/mol. The molecular formula is C15H28N2O3. The zero-order valence-corrected chi connectivity index (χ0v) is 12.9. The maximum absolute atomic E-state index is 12.0. The van der Waals surface area contributed by atoms with Crippen molar-refractivity contribution in [2.75, 3.05) is 6.54 Å². The van der Waals surface area contributed by atoms with Gasteiger partial charge in [-0.3, -0.25) is 9.59 Å². The number of hydrogen-bond acceptors (Lipinski definition) is 3. The van der Waals surface area contributed by atoms with Crippen molar-refractivity contribution in [2.24, 2.45) is 0 Å². The van der Waals surface area contributed by atoms with Gasteiger partial charge in [0, 0.05) is 18.5 Å². The van der Waals surface area contributed by atoms with Crippen LogP contribution in [0.15, 0.2) is 0 Å². The molecule has 1 amide bonds. The number of hydrogen-bond donors (Lipinski definition) is 3. The van der Waals surface area contributed by atoms with Crippen LogP contribution >= 0.6 is 0 Å². The summed E-state index contributed by atoms with van der Waals surface area (Å²) in [6.45, 7) is 6.77. The molecule has 5 nitrogen and oxygen atoms in total. The Morgan fingerprint density at radius 3 is 2.25 bits per heavy atom. The number of nitrogens with one attached hydrogen (secondary N) is 2. The van der Waals surface area contributed by atoms with E-state index in [1.54, 1.807) is 0 Å². The molecule has 0 bridgehead atoms. The topological polar surface area (TPSA) is 78.4 Å². The minimum Gasteiger partial charge on any atom is -0.481 e. The summed E-state index contributed by atoms with van der Waals surface area (Å²) in [4.78, 5) is 23.1. The Kier molecular flexibility index (Phi) is 5.99. The highest BCUT2D eigenvalue weighted by molar-refractivity contribution is 5.78. The van der Waals surface area contributed by atoms with E-state index in [1.807, 2.05) is 0 Å². The summed E-state index contributed by atoms with van der Waals surface area (Å²) in [5.41, 5.74) is -0.535. The third kappa shape index (κ3) is 6.37. The van der Waals surface area contributed by atoms with Gasteiger partial charge in [-0.05, 0) is 33.6 Å². The first kappa shape index (κ1) is 17.0. The Morgan fingerprint density at radius 1 is 1.15 bits per heavy atom. The summed E-state index contributed by atoms with van der Waals surface area (Å²) in [5, 5.41) is 15.3.